The number of hydrogen-bond acceptors (Lipinski definition) is 2. The summed E-state index contributed by atoms with van der Waals surface area (Å²) in [5.41, 5.74) is 8.16. The summed E-state index contributed by atoms with van der Waals surface area (Å²) in [7, 11) is 0. The Morgan fingerprint density at radius 3 is 2.38 bits per heavy atom. The minimum absolute atomic E-state index is 0.0410. The van der Waals surface area contributed by atoms with E-state index in [1.807, 2.05) is 37.3 Å². The van der Waals surface area contributed by atoms with Crippen molar-refractivity contribution >= 4 is 11.6 Å². The van der Waals surface area contributed by atoms with E-state index in [1.54, 1.807) is 0 Å². The van der Waals surface area contributed by atoms with Crippen LogP contribution in [0.1, 0.15) is 44.9 Å². The van der Waals surface area contributed by atoms with E-state index in [-0.39, 0.29) is 11.5 Å². The largest absolute Gasteiger partial charge is 0.456 e. The van der Waals surface area contributed by atoms with Crippen molar-refractivity contribution in [2.75, 3.05) is 0 Å². The highest BCUT2D eigenvalue weighted by atomic mass is 35.5. The molecule has 1 atom stereocenters. The second-order valence-corrected chi connectivity index (χ2v) is 6.77. The van der Waals surface area contributed by atoms with Gasteiger partial charge in [-0.1, -0.05) is 50.6 Å². The Labute approximate surface area is 131 Å². The van der Waals surface area contributed by atoms with Crippen LogP contribution in [0, 0.1) is 0 Å². The lowest BCUT2D eigenvalue weighted by Crippen LogP contribution is -2.10. The van der Waals surface area contributed by atoms with Crippen molar-refractivity contribution < 1.29 is 4.74 Å². The first-order valence-electron chi connectivity index (χ1n) is 7.11. The predicted octanol–water partition coefficient (Wildman–Crippen LogP) is 5.45. The molecule has 0 spiro atoms. The normalized spacial score (nSPS) is 13.0. The molecule has 2 N–H and O–H groups in total. The van der Waals surface area contributed by atoms with Crippen LogP contribution in [0.2, 0.25) is 5.02 Å². The minimum atomic E-state index is -0.0410. The SMILES string of the molecule is C[C@H](N)c1ccc(Oc2cccc(C(C)(C)C)c2)c(Cl)c1. The van der Waals surface area contributed by atoms with Crippen molar-refractivity contribution in [1.82, 2.24) is 0 Å². The first-order valence-corrected chi connectivity index (χ1v) is 7.48. The van der Waals surface area contributed by atoms with Crippen molar-refractivity contribution in [2.24, 2.45) is 5.73 Å². The van der Waals surface area contributed by atoms with E-state index < -0.39 is 0 Å². The Morgan fingerprint density at radius 2 is 1.81 bits per heavy atom. The molecule has 0 aliphatic rings. The lowest BCUT2D eigenvalue weighted by atomic mass is 9.87. The molecule has 2 aromatic carbocycles. The van der Waals surface area contributed by atoms with Gasteiger partial charge in [-0.2, -0.15) is 0 Å². The zero-order valence-electron chi connectivity index (χ0n) is 13.0. The maximum atomic E-state index is 6.27. The minimum Gasteiger partial charge on any atom is -0.456 e. The fraction of sp³-hybridized carbons (Fsp3) is 0.333. The molecule has 0 heterocycles. The summed E-state index contributed by atoms with van der Waals surface area (Å²) in [6.07, 6.45) is 0. The van der Waals surface area contributed by atoms with Crippen LogP contribution < -0.4 is 10.5 Å². The van der Waals surface area contributed by atoms with E-state index in [4.69, 9.17) is 22.1 Å². The molecule has 2 aromatic rings. The van der Waals surface area contributed by atoms with Crippen molar-refractivity contribution in [2.45, 2.75) is 39.2 Å². The molecule has 2 nitrogen and oxygen atoms in total. The van der Waals surface area contributed by atoms with Crippen LogP contribution in [0.15, 0.2) is 42.5 Å². The topological polar surface area (TPSA) is 35.2 Å². The second kappa shape index (κ2) is 6.08. The van der Waals surface area contributed by atoms with E-state index in [9.17, 15) is 0 Å². The molecular formula is C18H22ClNO. The summed E-state index contributed by atoms with van der Waals surface area (Å²) < 4.78 is 5.91. The molecule has 3 heteroatoms. The van der Waals surface area contributed by atoms with Gasteiger partial charge >= 0.3 is 0 Å². The quantitative estimate of drug-likeness (QED) is 0.818. The van der Waals surface area contributed by atoms with Gasteiger partial charge in [0.25, 0.3) is 0 Å². The van der Waals surface area contributed by atoms with Crippen LogP contribution in [0.5, 0.6) is 11.5 Å². The molecule has 0 unspecified atom stereocenters. The molecular weight excluding hydrogens is 282 g/mol. The number of benzene rings is 2. The van der Waals surface area contributed by atoms with Gasteiger partial charge in [-0.25, -0.2) is 0 Å². The summed E-state index contributed by atoms with van der Waals surface area (Å²) in [6, 6.07) is 13.7. The summed E-state index contributed by atoms with van der Waals surface area (Å²) in [6.45, 7) is 8.46. The molecule has 0 radical (unpaired) electrons. The van der Waals surface area contributed by atoms with E-state index in [2.05, 4.69) is 32.9 Å². The Kier molecular flexibility index (Phi) is 4.60. The molecule has 0 amide bonds. The third-order valence-corrected chi connectivity index (χ3v) is 3.70. The van der Waals surface area contributed by atoms with Gasteiger partial charge in [-0.05, 0) is 47.7 Å². The van der Waals surface area contributed by atoms with Gasteiger partial charge in [0.1, 0.15) is 11.5 Å². The summed E-state index contributed by atoms with van der Waals surface area (Å²) in [5.74, 6) is 1.44. The fourth-order valence-corrected chi connectivity index (χ4v) is 2.26. The van der Waals surface area contributed by atoms with Crippen LogP contribution in [0.3, 0.4) is 0 Å². The fourth-order valence-electron chi connectivity index (χ4n) is 2.04. The first-order chi connectivity index (χ1) is 9.77. The maximum Gasteiger partial charge on any atom is 0.146 e. The second-order valence-electron chi connectivity index (χ2n) is 6.36. The smallest absolute Gasteiger partial charge is 0.146 e. The lowest BCUT2D eigenvalue weighted by molar-refractivity contribution is 0.478. The Bertz CT molecular complexity index is 629. The van der Waals surface area contributed by atoms with Gasteiger partial charge in [0.05, 0.1) is 5.02 Å². The van der Waals surface area contributed by atoms with Gasteiger partial charge in [-0.3, -0.25) is 0 Å². The van der Waals surface area contributed by atoms with E-state index in [0.717, 1.165) is 11.3 Å². The molecule has 0 aliphatic carbocycles. The van der Waals surface area contributed by atoms with Gasteiger partial charge < -0.3 is 10.5 Å². The highest BCUT2D eigenvalue weighted by Gasteiger charge is 2.14. The highest BCUT2D eigenvalue weighted by molar-refractivity contribution is 6.32. The molecule has 0 aromatic heterocycles. The monoisotopic (exact) mass is 303 g/mol. The van der Waals surface area contributed by atoms with Crippen molar-refractivity contribution in [3.05, 3.63) is 58.6 Å². The lowest BCUT2D eigenvalue weighted by Gasteiger charge is -2.20. The van der Waals surface area contributed by atoms with Gasteiger partial charge in [0.2, 0.25) is 0 Å². The van der Waals surface area contributed by atoms with E-state index >= 15 is 0 Å². The Morgan fingerprint density at radius 1 is 1.10 bits per heavy atom. The molecule has 0 saturated carbocycles. The molecule has 0 fully saturated rings. The van der Waals surface area contributed by atoms with Crippen molar-refractivity contribution in [3.8, 4) is 11.5 Å². The highest BCUT2D eigenvalue weighted by Crippen LogP contribution is 2.33. The summed E-state index contributed by atoms with van der Waals surface area (Å²) in [5, 5.41) is 0.575. The third-order valence-electron chi connectivity index (χ3n) is 3.41. The zero-order valence-corrected chi connectivity index (χ0v) is 13.7. The summed E-state index contributed by atoms with van der Waals surface area (Å²) >= 11 is 6.27. The Hall–Kier alpha value is -1.51. The van der Waals surface area contributed by atoms with Crippen LogP contribution in [0.25, 0.3) is 0 Å². The average Bonchev–Trinajstić information content (AvgIpc) is 2.40. The first kappa shape index (κ1) is 15.9. The molecule has 0 bridgehead atoms. The molecule has 2 rings (SSSR count). The van der Waals surface area contributed by atoms with Crippen LogP contribution in [-0.4, -0.2) is 0 Å². The van der Waals surface area contributed by atoms with E-state index in [0.29, 0.717) is 10.8 Å². The summed E-state index contributed by atoms with van der Waals surface area (Å²) in [4.78, 5) is 0. The average molecular weight is 304 g/mol. The third kappa shape index (κ3) is 3.99. The number of nitrogens with two attached hydrogens (primary N) is 1. The van der Waals surface area contributed by atoms with Crippen LogP contribution in [-0.2, 0) is 5.41 Å². The maximum absolute atomic E-state index is 6.27. The standard InChI is InChI=1S/C18H22ClNO/c1-12(20)13-8-9-17(16(19)10-13)21-15-7-5-6-14(11-15)18(2,3)4/h5-12H,20H2,1-4H3/t12-/m0/s1. The van der Waals surface area contributed by atoms with E-state index in [1.165, 1.54) is 5.56 Å². The zero-order chi connectivity index (χ0) is 15.6. The number of halogens is 1. The predicted molar refractivity (Wildman–Crippen MR) is 89.3 cm³/mol. The number of rotatable bonds is 3. The van der Waals surface area contributed by atoms with Crippen molar-refractivity contribution in [3.63, 3.8) is 0 Å². The van der Waals surface area contributed by atoms with Gasteiger partial charge in [-0.15, -0.1) is 0 Å². The van der Waals surface area contributed by atoms with Crippen molar-refractivity contribution in [1.29, 1.82) is 0 Å². The molecule has 112 valence electrons. The van der Waals surface area contributed by atoms with Gasteiger partial charge in [0, 0.05) is 6.04 Å². The van der Waals surface area contributed by atoms with Gasteiger partial charge in [0.15, 0.2) is 0 Å². The van der Waals surface area contributed by atoms with Crippen LogP contribution >= 0.6 is 11.6 Å². The number of ether oxygens (including phenoxy) is 1. The number of hydrogen-bond donors (Lipinski definition) is 1. The Balaban J connectivity index is 2.26. The molecule has 0 aliphatic heterocycles. The van der Waals surface area contributed by atoms with Crippen LogP contribution in [0.4, 0.5) is 0 Å². The molecule has 21 heavy (non-hydrogen) atoms. The molecule has 0 saturated heterocycles.